The average Bonchev–Trinajstić information content (AvgIpc) is 3.06. The lowest BCUT2D eigenvalue weighted by atomic mass is 10.1. The van der Waals surface area contributed by atoms with Gasteiger partial charge in [-0.05, 0) is 41.4 Å². The van der Waals surface area contributed by atoms with Gasteiger partial charge >= 0.3 is 6.09 Å². The fourth-order valence-corrected chi connectivity index (χ4v) is 3.29. The molecule has 1 aliphatic heterocycles. The third-order valence-electron chi connectivity index (χ3n) is 4.57. The lowest BCUT2D eigenvalue weighted by Gasteiger charge is -2.24. The highest BCUT2D eigenvalue weighted by Gasteiger charge is 2.40. The highest BCUT2D eigenvalue weighted by Crippen LogP contribution is 2.29. The van der Waals surface area contributed by atoms with Gasteiger partial charge in [-0.15, -0.1) is 0 Å². The number of aliphatic hydroxyl groups is 1. The summed E-state index contributed by atoms with van der Waals surface area (Å²) in [5, 5.41) is 12.9. The van der Waals surface area contributed by atoms with E-state index in [1.54, 1.807) is 13.8 Å². The van der Waals surface area contributed by atoms with E-state index in [1.165, 1.54) is 0 Å². The number of anilines is 2. The van der Waals surface area contributed by atoms with Gasteiger partial charge in [0.1, 0.15) is 24.3 Å². The van der Waals surface area contributed by atoms with Gasteiger partial charge in [0.05, 0.1) is 22.8 Å². The maximum Gasteiger partial charge on any atom is 0.416 e. The van der Waals surface area contributed by atoms with Crippen molar-refractivity contribution in [2.24, 2.45) is 0 Å². The molecule has 156 valence electrons. The van der Waals surface area contributed by atoms with Gasteiger partial charge in [-0.25, -0.2) is 27.8 Å². The van der Waals surface area contributed by atoms with Gasteiger partial charge in [0.15, 0.2) is 11.6 Å². The van der Waals surface area contributed by atoms with E-state index < -0.39 is 41.7 Å². The van der Waals surface area contributed by atoms with E-state index in [2.05, 4.69) is 31.2 Å². The van der Waals surface area contributed by atoms with E-state index in [1.807, 2.05) is 0 Å². The third kappa shape index (κ3) is 4.30. The van der Waals surface area contributed by atoms with Crippen molar-refractivity contribution in [2.75, 3.05) is 16.8 Å². The molecule has 7 nitrogen and oxygen atoms in total. The van der Waals surface area contributed by atoms with Gasteiger partial charge in [-0.1, -0.05) is 6.92 Å². The molecule has 29 heavy (non-hydrogen) atoms. The summed E-state index contributed by atoms with van der Waals surface area (Å²) < 4.78 is 47.2. The van der Waals surface area contributed by atoms with E-state index in [-0.39, 0.29) is 28.4 Å². The van der Waals surface area contributed by atoms with Gasteiger partial charge in [-0.2, -0.15) is 4.98 Å². The minimum atomic E-state index is -0.939. The summed E-state index contributed by atoms with van der Waals surface area (Å²) in [6, 6.07) is 0.447. The second kappa shape index (κ2) is 8.54. The summed E-state index contributed by atoms with van der Waals surface area (Å²) in [7, 11) is 0. The summed E-state index contributed by atoms with van der Waals surface area (Å²) in [6.07, 6.45) is -0.621. The highest BCUT2D eigenvalue weighted by molar-refractivity contribution is 9.10. The number of aliphatic hydroxyl groups excluding tert-OH is 1. The standard InChI is InChI=1S/C18H18BrF3N4O3/c1-3-15(27)14-7-29-18(28)26(14)16-13(22)6-23-17(25-16)24-8(2)9-4-12(21)10(19)5-11(9)20/h4-6,8,14-15,27H,3,7H2,1-2H3,(H,23,24,25)/t8-,14+,15+/m0/s1. The molecule has 0 spiro atoms. The lowest BCUT2D eigenvalue weighted by molar-refractivity contribution is 0.125. The van der Waals surface area contributed by atoms with Crippen LogP contribution in [0.15, 0.2) is 22.8 Å². The number of benzene rings is 1. The van der Waals surface area contributed by atoms with Crippen LogP contribution in [0.1, 0.15) is 31.9 Å². The second-order valence-electron chi connectivity index (χ2n) is 6.51. The summed E-state index contributed by atoms with van der Waals surface area (Å²) in [4.78, 5) is 20.8. The van der Waals surface area contributed by atoms with Crippen molar-refractivity contribution in [1.82, 2.24) is 9.97 Å². The van der Waals surface area contributed by atoms with Crippen molar-refractivity contribution in [2.45, 2.75) is 38.5 Å². The van der Waals surface area contributed by atoms with E-state index in [0.717, 1.165) is 23.2 Å². The first kappa shape index (κ1) is 21.3. The Bertz CT molecular complexity index is 933. The van der Waals surface area contributed by atoms with Crippen LogP contribution < -0.4 is 10.2 Å². The Balaban J connectivity index is 1.89. The molecular weight excluding hydrogens is 457 g/mol. The number of hydrogen-bond acceptors (Lipinski definition) is 6. The van der Waals surface area contributed by atoms with Gasteiger partial charge in [0.25, 0.3) is 0 Å². The Kier molecular flexibility index (Phi) is 6.27. The Morgan fingerprint density at radius 1 is 1.34 bits per heavy atom. The molecule has 0 bridgehead atoms. The number of nitrogens with one attached hydrogen (secondary N) is 1. The van der Waals surface area contributed by atoms with Crippen LogP contribution in [0.4, 0.5) is 29.7 Å². The van der Waals surface area contributed by atoms with Crippen molar-refractivity contribution >= 4 is 33.8 Å². The molecule has 1 aliphatic rings. The number of aromatic nitrogens is 2. The number of carbonyl (C=O) groups is 1. The molecule has 1 amide bonds. The molecule has 1 fully saturated rings. The van der Waals surface area contributed by atoms with Crippen LogP contribution in [-0.2, 0) is 4.74 Å². The predicted molar refractivity (Wildman–Crippen MR) is 102 cm³/mol. The molecule has 3 rings (SSSR count). The smallest absolute Gasteiger partial charge is 0.416 e. The van der Waals surface area contributed by atoms with Gasteiger partial charge in [0.2, 0.25) is 5.95 Å². The number of hydrogen-bond donors (Lipinski definition) is 2. The van der Waals surface area contributed by atoms with Crippen molar-refractivity contribution in [3.63, 3.8) is 0 Å². The number of nitrogens with zero attached hydrogens (tertiary/aromatic N) is 3. The molecule has 1 saturated heterocycles. The molecular formula is C18H18BrF3N4O3. The van der Waals surface area contributed by atoms with Crippen LogP contribution in [0.3, 0.4) is 0 Å². The lowest BCUT2D eigenvalue weighted by Crippen LogP contribution is -2.43. The zero-order valence-corrected chi connectivity index (χ0v) is 17.1. The number of carbonyl (C=O) groups excluding carboxylic acids is 1. The molecule has 2 N–H and O–H groups in total. The van der Waals surface area contributed by atoms with Crippen molar-refractivity contribution in [3.05, 3.63) is 45.8 Å². The molecule has 2 aromatic rings. The minimum Gasteiger partial charge on any atom is -0.447 e. The molecule has 2 heterocycles. The van der Waals surface area contributed by atoms with Crippen LogP contribution in [0.5, 0.6) is 0 Å². The van der Waals surface area contributed by atoms with Gasteiger partial charge in [0, 0.05) is 5.56 Å². The molecule has 0 radical (unpaired) electrons. The Hall–Kier alpha value is -2.40. The molecule has 0 aliphatic carbocycles. The molecule has 3 atom stereocenters. The summed E-state index contributed by atoms with van der Waals surface area (Å²) >= 11 is 2.91. The topological polar surface area (TPSA) is 87.6 Å². The van der Waals surface area contributed by atoms with E-state index in [9.17, 15) is 23.1 Å². The van der Waals surface area contributed by atoms with E-state index in [4.69, 9.17) is 4.74 Å². The number of ether oxygens (including phenoxy) is 1. The molecule has 1 aromatic carbocycles. The van der Waals surface area contributed by atoms with Crippen LogP contribution in [0, 0.1) is 17.5 Å². The Labute approximate surface area is 173 Å². The van der Waals surface area contributed by atoms with Crippen LogP contribution in [0.25, 0.3) is 0 Å². The van der Waals surface area contributed by atoms with Crippen molar-refractivity contribution in [3.8, 4) is 0 Å². The number of halogens is 4. The second-order valence-corrected chi connectivity index (χ2v) is 7.36. The molecule has 0 saturated carbocycles. The zero-order valence-electron chi connectivity index (χ0n) is 15.5. The van der Waals surface area contributed by atoms with E-state index in [0.29, 0.717) is 6.42 Å². The first-order chi connectivity index (χ1) is 13.7. The SMILES string of the molecule is CC[C@@H](O)[C@H]1COC(=O)N1c1nc(N[C@@H](C)c2cc(F)c(Br)cc2F)ncc1F. The average molecular weight is 475 g/mol. The Morgan fingerprint density at radius 3 is 2.76 bits per heavy atom. The fraction of sp³-hybridized carbons (Fsp3) is 0.389. The zero-order chi connectivity index (χ0) is 21.3. The third-order valence-corrected chi connectivity index (χ3v) is 5.18. The molecule has 1 aromatic heterocycles. The highest BCUT2D eigenvalue weighted by atomic mass is 79.9. The number of cyclic esters (lactones) is 1. The van der Waals surface area contributed by atoms with Gasteiger partial charge < -0.3 is 15.2 Å². The number of amides is 1. The predicted octanol–water partition coefficient (Wildman–Crippen LogP) is 3.93. The number of rotatable bonds is 6. The van der Waals surface area contributed by atoms with Crippen LogP contribution in [0.2, 0.25) is 0 Å². The first-order valence-electron chi connectivity index (χ1n) is 8.80. The fourth-order valence-electron chi connectivity index (χ4n) is 2.97. The summed E-state index contributed by atoms with van der Waals surface area (Å²) in [6.45, 7) is 3.15. The van der Waals surface area contributed by atoms with Gasteiger partial charge in [-0.3, -0.25) is 0 Å². The van der Waals surface area contributed by atoms with E-state index >= 15 is 0 Å². The Morgan fingerprint density at radius 2 is 2.07 bits per heavy atom. The monoisotopic (exact) mass is 474 g/mol. The normalized spacial score (nSPS) is 18.5. The molecule has 11 heteroatoms. The maximum absolute atomic E-state index is 14.4. The minimum absolute atomic E-state index is 0.0139. The molecule has 0 unspecified atom stereocenters. The van der Waals surface area contributed by atoms with Crippen LogP contribution in [-0.4, -0.2) is 39.9 Å². The first-order valence-corrected chi connectivity index (χ1v) is 9.59. The summed E-state index contributed by atoms with van der Waals surface area (Å²) in [5.74, 6) is -2.68. The van der Waals surface area contributed by atoms with Crippen molar-refractivity contribution in [1.29, 1.82) is 0 Å². The maximum atomic E-state index is 14.4. The van der Waals surface area contributed by atoms with Crippen LogP contribution >= 0.6 is 15.9 Å². The largest absolute Gasteiger partial charge is 0.447 e. The summed E-state index contributed by atoms with van der Waals surface area (Å²) in [5.41, 5.74) is 0.0139. The quantitative estimate of drug-likeness (QED) is 0.616. The van der Waals surface area contributed by atoms with Crippen molar-refractivity contribution < 1.29 is 27.8 Å².